The summed E-state index contributed by atoms with van der Waals surface area (Å²) in [5.41, 5.74) is 4.26. The molecule has 0 bridgehead atoms. The number of nitrogens with one attached hydrogen (secondary N) is 1. The number of carbonyl (C=O) groups is 1. The van der Waals surface area contributed by atoms with Gasteiger partial charge in [-0.05, 0) is 29.8 Å². The maximum Gasteiger partial charge on any atom is 0.251 e. The molecule has 1 N–H and O–H groups in total. The third-order valence-electron chi connectivity index (χ3n) is 3.05. The van der Waals surface area contributed by atoms with Gasteiger partial charge in [-0.1, -0.05) is 0 Å². The molecule has 1 aromatic carbocycles. The molecule has 0 radical (unpaired) electrons. The van der Waals surface area contributed by atoms with E-state index in [4.69, 9.17) is 4.74 Å². The molecule has 0 saturated carbocycles. The second-order valence-corrected chi connectivity index (χ2v) is 5.31. The zero-order valence-corrected chi connectivity index (χ0v) is 12.2. The standard InChI is InChI=1S/C15H13N3O2S/c1-20-14-6-10(4-5-16-14)8-17-15(19)11-2-3-12-13(7-11)21-9-18-12/h2-7,9H,8H2,1H3,(H,17,19). The number of thiazole rings is 1. The fraction of sp³-hybridized carbons (Fsp3) is 0.133. The number of carbonyl (C=O) groups excluding carboxylic acids is 1. The van der Waals surface area contributed by atoms with Crippen LogP contribution in [0.4, 0.5) is 0 Å². The lowest BCUT2D eigenvalue weighted by Crippen LogP contribution is -2.22. The number of methoxy groups -OCH3 is 1. The van der Waals surface area contributed by atoms with Gasteiger partial charge in [0, 0.05) is 24.4 Å². The highest BCUT2D eigenvalue weighted by Gasteiger charge is 2.07. The van der Waals surface area contributed by atoms with Crippen molar-refractivity contribution in [3.8, 4) is 5.88 Å². The SMILES string of the molecule is COc1cc(CNC(=O)c2ccc3ncsc3c2)ccn1. The van der Waals surface area contributed by atoms with Gasteiger partial charge in [0.25, 0.3) is 5.91 Å². The van der Waals surface area contributed by atoms with Crippen LogP contribution >= 0.6 is 11.3 Å². The smallest absolute Gasteiger partial charge is 0.251 e. The molecule has 0 aliphatic rings. The number of ether oxygens (including phenoxy) is 1. The van der Waals surface area contributed by atoms with Gasteiger partial charge in [-0.3, -0.25) is 4.79 Å². The Bertz CT molecular complexity index is 785. The van der Waals surface area contributed by atoms with Crippen molar-refractivity contribution in [2.45, 2.75) is 6.54 Å². The van der Waals surface area contributed by atoms with Crippen LogP contribution in [0.15, 0.2) is 42.0 Å². The van der Waals surface area contributed by atoms with Gasteiger partial charge in [-0.15, -0.1) is 11.3 Å². The Morgan fingerprint density at radius 2 is 2.19 bits per heavy atom. The lowest BCUT2D eigenvalue weighted by molar-refractivity contribution is 0.0951. The van der Waals surface area contributed by atoms with E-state index in [0.717, 1.165) is 15.8 Å². The first-order valence-corrected chi connectivity index (χ1v) is 7.24. The quantitative estimate of drug-likeness (QED) is 0.804. The maximum atomic E-state index is 12.2. The summed E-state index contributed by atoms with van der Waals surface area (Å²) in [4.78, 5) is 20.4. The van der Waals surface area contributed by atoms with Crippen molar-refractivity contribution in [1.29, 1.82) is 0 Å². The second kappa shape index (κ2) is 5.88. The molecular formula is C15H13N3O2S. The van der Waals surface area contributed by atoms with E-state index in [9.17, 15) is 4.79 Å². The highest BCUT2D eigenvalue weighted by atomic mass is 32.1. The van der Waals surface area contributed by atoms with Gasteiger partial charge in [0.05, 0.1) is 22.8 Å². The van der Waals surface area contributed by atoms with Crippen molar-refractivity contribution < 1.29 is 9.53 Å². The van der Waals surface area contributed by atoms with Crippen LogP contribution in [0.25, 0.3) is 10.2 Å². The van der Waals surface area contributed by atoms with Crippen molar-refractivity contribution >= 4 is 27.5 Å². The van der Waals surface area contributed by atoms with E-state index >= 15 is 0 Å². The number of hydrogen-bond acceptors (Lipinski definition) is 5. The van der Waals surface area contributed by atoms with Crippen molar-refractivity contribution in [2.75, 3.05) is 7.11 Å². The molecule has 3 aromatic rings. The van der Waals surface area contributed by atoms with Crippen LogP contribution in [0.1, 0.15) is 15.9 Å². The second-order valence-electron chi connectivity index (χ2n) is 4.42. The van der Waals surface area contributed by atoms with Crippen molar-refractivity contribution in [2.24, 2.45) is 0 Å². The molecule has 1 amide bonds. The third kappa shape index (κ3) is 3.00. The number of hydrogen-bond donors (Lipinski definition) is 1. The molecule has 21 heavy (non-hydrogen) atoms. The lowest BCUT2D eigenvalue weighted by Gasteiger charge is -2.06. The van der Waals surface area contributed by atoms with Crippen molar-refractivity contribution in [3.63, 3.8) is 0 Å². The molecule has 5 nitrogen and oxygen atoms in total. The average molecular weight is 299 g/mol. The molecule has 0 atom stereocenters. The predicted octanol–water partition coefficient (Wildman–Crippen LogP) is 2.63. The van der Waals surface area contributed by atoms with E-state index in [1.54, 1.807) is 30.9 Å². The molecule has 0 aliphatic carbocycles. The Morgan fingerprint density at radius 3 is 3.05 bits per heavy atom. The number of fused-ring (bicyclic) bond motifs is 1. The minimum Gasteiger partial charge on any atom is -0.481 e. The van der Waals surface area contributed by atoms with Crippen LogP contribution in [0.5, 0.6) is 5.88 Å². The van der Waals surface area contributed by atoms with Crippen LogP contribution in [0, 0.1) is 0 Å². The molecule has 0 saturated heterocycles. The first kappa shape index (κ1) is 13.5. The number of amides is 1. The van der Waals surface area contributed by atoms with Gasteiger partial charge >= 0.3 is 0 Å². The van der Waals surface area contributed by atoms with Crippen molar-refractivity contribution in [1.82, 2.24) is 15.3 Å². The summed E-state index contributed by atoms with van der Waals surface area (Å²) in [6, 6.07) is 9.14. The van der Waals surface area contributed by atoms with Gasteiger partial charge in [-0.25, -0.2) is 9.97 Å². The van der Waals surface area contributed by atoms with Crippen LogP contribution < -0.4 is 10.1 Å². The van der Waals surface area contributed by atoms with E-state index in [1.807, 2.05) is 18.2 Å². The van der Waals surface area contributed by atoms with Crippen LogP contribution in [-0.4, -0.2) is 23.0 Å². The highest BCUT2D eigenvalue weighted by molar-refractivity contribution is 7.16. The molecule has 2 heterocycles. The molecule has 0 fully saturated rings. The zero-order valence-electron chi connectivity index (χ0n) is 11.4. The van der Waals surface area contributed by atoms with Crippen LogP contribution in [0.3, 0.4) is 0 Å². The summed E-state index contributed by atoms with van der Waals surface area (Å²) >= 11 is 1.52. The zero-order chi connectivity index (χ0) is 14.7. The third-order valence-corrected chi connectivity index (χ3v) is 3.85. The van der Waals surface area contributed by atoms with Gasteiger partial charge in [0.2, 0.25) is 5.88 Å². The molecule has 0 aliphatic heterocycles. The van der Waals surface area contributed by atoms with E-state index in [0.29, 0.717) is 18.0 Å². The first-order chi connectivity index (χ1) is 10.3. The Kier molecular flexibility index (Phi) is 3.79. The average Bonchev–Trinajstić information content (AvgIpc) is 3.00. The van der Waals surface area contributed by atoms with E-state index in [2.05, 4.69) is 15.3 Å². The van der Waals surface area contributed by atoms with E-state index < -0.39 is 0 Å². The van der Waals surface area contributed by atoms with Gasteiger partial charge in [-0.2, -0.15) is 0 Å². The molecule has 6 heteroatoms. The Balaban J connectivity index is 1.70. The lowest BCUT2D eigenvalue weighted by atomic mass is 10.2. The number of rotatable bonds is 4. The van der Waals surface area contributed by atoms with E-state index in [-0.39, 0.29) is 5.91 Å². The summed E-state index contributed by atoms with van der Waals surface area (Å²) in [6.45, 7) is 0.429. The predicted molar refractivity (Wildman–Crippen MR) is 81.6 cm³/mol. The van der Waals surface area contributed by atoms with Gasteiger partial charge < -0.3 is 10.1 Å². The molecule has 0 unspecified atom stereocenters. The maximum absolute atomic E-state index is 12.2. The highest BCUT2D eigenvalue weighted by Crippen LogP contribution is 2.19. The summed E-state index contributed by atoms with van der Waals surface area (Å²) < 4.78 is 6.06. The summed E-state index contributed by atoms with van der Waals surface area (Å²) in [7, 11) is 1.56. The first-order valence-electron chi connectivity index (χ1n) is 6.36. The largest absolute Gasteiger partial charge is 0.481 e. The fourth-order valence-electron chi connectivity index (χ4n) is 1.95. The summed E-state index contributed by atoms with van der Waals surface area (Å²) in [5, 5.41) is 2.89. The minimum absolute atomic E-state index is 0.110. The summed E-state index contributed by atoms with van der Waals surface area (Å²) in [5.74, 6) is 0.425. The van der Waals surface area contributed by atoms with Crippen LogP contribution in [0.2, 0.25) is 0 Å². The van der Waals surface area contributed by atoms with Crippen LogP contribution in [-0.2, 0) is 6.54 Å². The minimum atomic E-state index is -0.110. The molecule has 106 valence electrons. The van der Waals surface area contributed by atoms with Gasteiger partial charge in [0.1, 0.15) is 0 Å². The number of aromatic nitrogens is 2. The molecule has 0 spiro atoms. The van der Waals surface area contributed by atoms with E-state index in [1.165, 1.54) is 11.3 Å². The van der Waals surface area contributed by atoms with Gasteiger partial charge in [0.15, 0.2) is 0 Å². The fourth-order valence-corrected chi connectivity index (χ4v) is 2.67. The summed E-state index contributed by atoms with van der Waals surface area (Å²) in [6.07, 6.45) is 1.66. The number of benzene rings is 1. The van der Waals surface area contributed by atoms with Crippen molar-refractivity contribution in [3.05, 3.63) is 53.2 Å². The number of nitrogens with zero attached hydrogens (tertiary/aromatic N) is 2. The molecular weight excluding hydrogens is 286 g/mol. The number of pyridine rings is 1. The Labute approximate surface area is 125 Å². The Morgan fingerprint density at radius 1 is 1.29 bits per heavy atom. The normalized spacial score (nSPS) is 10.5. The molecule has 3 rings (SSSR count). The molecule has 2 aromatic heterocycles. The topological polar surface area (TPSA) is 64.1 Å². The Hall–Kier alpha value is -2.47. The monoisotopic (exact) mass is 299 g/mol.